The third-order valence-electron chi connectivity index (χ3n) is 3.56. The van der Waals surface area contributed by atoms with Gasteiger partial charge in [-0.2, -0.15) is 4.31 Å². The Labute approximate surface area is 129 Å². The van der Waals surface area contributed by atoms with Crippen LogP contribution in [0.4, 0.5) is 0 Å². The zero-order valence-corrected chi connectivity index (χ0v) is 13.7. The van der Waals surface area contributed by atoms with Crippen molar-refractivity contribution in [2.45, 2.75) is 23.8 Å². The average Bonchev–Trinajstić information content (AvgIpc) is 2.41. The molecule has 0 N–H and O–H groups in total. The van der Waals surface area contributed by atoms with Crippen LogP contribution in [0.25, 0.3) is 0 Å². The van der Waals surface area contributed by atoms with E-state index in [4.69, 9.17) is 23.2 Å². The summed E-state index contributed by atoms with van der Waals surface area (Å²) in [6.07, 6.45) is 2.89. The van der Waals surface area contributed by atoms with Gasteiger partial charge >= 0.3 is 0 Å². The van der Waals surface area contributed by atoms with E-state index in [9.17, 15) is 8.42 Å². The van der Waals surface area contributed by atoms with Crippen molar-refractivity contribution in [1.29, 1.82) is 0 Å². The molecule has 2 rings (SSSR count). The fourth-order valence-electron chi connectivity index (χ4n) is 2.29. The molecule has 8 heteroatoms. The van der Waals surface area contributed by atoms with Crippen LogP contribution in [0.2, 0.25) is 10.2 Å². The smallest absolute Gasteiger partial charge is 0.244 e. The van der Waals surface area contributed by atoms with Gasteiger partial charge in [-0.3, -0.25) is 0 Å². The molecule has 0 bridgehead atoms. The molecule has 0 amide bonds. The number of rotatable bonds is 3. The van der Waals surface area contributed by atoms with Crippen molar-refractivity contribution in [2.75, 3.05) is 27.2 Å². The first-order chi connectivity index (χ1) is 9.32. The van der Waals surface area contributed by atoms with Crippen molar-refractivity contribution in [1.82, 2.24) is 14.2 Å². The first-order valence-corrected chi connectivity index (χ1v) is 8.49. The van der Waals surface area contributed by atoms with Crippen LogP contribution in [0, 0.1) is 0 Å². The summed E-state index contributed by atoms with van der Waals surface area (Å²) in [6, 6.07) is 1.78. The van der Waals surface area contributed by atoms with E-state index < -0.39 is 10.0 Å². The molecular weight excluding hydrogens is 321 g/mol. The Bertz CT molecular complexity index is 584. The lowest BCUT2D eigenvalue weighted by atomic mass is 10.1. The van der Waals surface area contributed by atoms with E-state index in [2.05, 4.69) is 9.88 Å². The minimum Gasteiger partial charge on any atom is -0.306 e. The molecule has 0 aliphatic carbocycles. The van der Waals surface area contributed by atoms with E-state index in [0.717, 1.165) is 12.8 Å². The van der Waals surface area contributed by atoms with E-state index >= 15 is 0 Å². The molecule has 1 fully saturated rings. The summed E-state index contributed by atoms with van der Waals surface area (Å²) >= 11 is 11.6. The van der Waals surface area contributed by atoms with Gasteiger partial charge in [0.1, 0.15) is 10.0 Å². The molecule has 1 aromatic rings. The zero-order valence-electron chi connectivity index (χ0n) is 11.4. The Morgan fingerprint density at radius 1 is 1.30 bits per heavy atom. The highest BCUT2D eigenvalue weighted by atomic mass is 35.5. The maximum atomic E-state index is 12.5. The van der Waals surface area contributed by atoms with Gasteiger partial charge in [-0.25, -0.2) is 13.4 Å². The molecule has 0 atom stereocenters. The number of piperidine rings is 1. The molecule has 0 saturated carbocycles. The molecule has 1 aliphatic rings. The van der Waals surface area contributed by atoms with E-state index in [1.807, 2.05) is 14.1 Å². The van der Waals surface area contributed by atoms with Crippen LogP contribution in [0.3, 0.4) is 0 Å². The number of aromatic nitrogens is 1. The minimum atomic E-state index is -3.54. The highest BCUT2D eigenvalue weighted by Gasteiger charge is 2.30. The van der Waals surface area contributed by atoms with Gasteiger partial charge < -0.3 is 4.90 Å². The normalized spacial score (nSPS) is 18.6. The van der Waals surface area contributed by atoms with E-state index in [1.54, 1.807) is 0 Å². The molecule has 2 heterocycles. The third kappa shape index (κ3) is 3.26. The van der Waals surface area contributed by atoms with Crippen molar-refractivity contribution in [3.05, 3.63) is 22.4 Å². The molecule has 0 aromatic carbocycles. The quantitative estimate of drug-likeness (QED) is 0.792. The minimum absolute atomic E-state index is 0.0928. The maximum Gasteiger partial charge on any atom is 0.244 e. The Kier molecular flexibility index (Phi) is 4.92. The second-order valence-electron chi connectivity index (χ2n) is 5.04. The third-order valence-corrected chi connectivity index (χ3v) is 6.11. The number of hydrogen-bond acceptors (Lipinski definition) is 4. The van der Waals surface area contributed by atoms with Gasteiger partial charge in [0.2, 0.25) is 10.0 Å². The summed E-state index contributed by atoms with van der Waals surface area (Å²) in [6.45, 7) is 1.01. The van der Waals surface area contributed by atoms with E-state index in [-0.39, 0.29) is 15.1 Å². The fraction of sp³-hybridized carbons (Fsp3) is 0.583. The molecule has 0 radical (unpaired) electrons. The highest BCUT2D eigenvalue weighted by Crippen LogP contribution is 2.26. The molecule has 20 heavy (non-hydrogen) atoms. The van der Waals surface area contributed by atoms with Crippen LogP contribution in [0.1, 0.15) is 12.8 Å². The lowest BCUT2D eigenvalue weighted by Gasteiger charge is -2.34. The van der Waals surface area contributed by atoms with Gasteiger partial charge in [-0.05, 0) is 33.0 Å². The number of sulfonamides is 1. The van der Waals surface area contributed by atoms with Crippen LogP contribution < -0.4 is 0 Å². The monoisotopic (exact) mass is 337 g/mol. The molecule has 0 unspecified atom stereocenters. The van der Waals surface area contributed by atoms with Gasteiger partial charge in [0, 0.05) is 25.3 Å². The van der Waals surface area contributed by atoms with Crippen LogP contribution in [0.5, 0.6) is 0 Å². The second kappa shape index (κ2) is 6.15. The summed E-state index contributed by atoms with van der Waals surface area (Å²) < 4.78 is 26.5. The highest BCUT2D eigenvalue weighted by molar-refractivity contribution is 7.89. The summed E-state index contributed by atoms with van der Waals surface area (Å²) in [5.74, 6) is 0. The Balaban J connectivity index is 2.17. The van der Waals surface area contributed by atoms with Crippen molar-refractivity contribution in [3.63, 3.8) is 0 Å². The first-order valence-electron chi connectivity index (χ1n) is 6.30. The molecule has 1 aliphatic heterocycles. The number of halogens is 2. The first kappa shape index (κ1) is 16.0. The Morgan fingerprint density at radius 2 is 1.90 bits per heavy atom. The maximum absolute atomic E-state index is 12.5. The summed E-state index contributed by atoms with van der Waals surface area (Å²) in [4.78, 5) is 6.02. The van der Waals surface area contributed by atoms with Crippen LogP contribution >= 0.6 is 23.2 Å². The number of pyridine rings is 1. The zero-order chi connectivity index (χ0) is 14.9. The van der Waals surface area contributed by atoms with Gasteiger partial charge in [0.05, 0.1) is 5.02 Å². The molecule has 1 aromatic heterocycles. The summed E-state index contributed by atoms with van der Waals surface area (Å²) in [7, 11) is 0.482. The Morgan fingerprint density at radius 3 is 2.40 bits per heavy atom. The molecule has 0 spiro atoms. The molecule has 112 valence electrons. The molecule has 1 saturated heterocycles. The number of hydrogen-bond donors (Lipinski definition) is 0. The van der Waals surface area contributed by atoms with E-state index in [1.165, 1.54) is 16.6 Å². The van der Waals surface area contributed by atoms with Crippen molar-refractivity contribution >= 4 is 33.2 Å². The lowest BCUT2D eigenvalue weighted by molar-refractivity contribution is 0.196. The standard InChI is InChI=1S/C12H17Cl2N3O2S/c1-16(2)9-3-5-17(6-4-9)20(18,19)10-7-11(13)12(14)15-8-10/h7-9H,3-6H2,1-2H3. The second-order valence-corrected chi connectivity index (χ2v) is 7.75. The largest absolute Gasteiger partial charge is 0.306 e. The van der Waals surface area contributed by atoms with Crippen molar-refractivity contribution in [3.8, 4) is 0 Å². The van der Waals surface area contributed by atoms with Gasteiger partial charge in [0.15, 0.2) is 0 Å². The average molecular weight is 338 g/mol. The molecular formula is C12H17Cl2N3O2S. The van der Waals surface area contributed by atoms with Crippen LogP contribution in [-0.2, 0) is 10.0 Å². The summed E-state index contributed by atoms with van der Waals surface area (Å²) in [5, 5.41) is 0.257. The summed E-state index contributed by atoms with van der Waals surface area (Å²) in [5.41, 5.74) is 0. The van der Waals surface area contributed by atoms with Gasteiger partial charge in [0.25, 0.3) is 0 Å². The Hall–Kier alpha value is -0.400. The predicted octanol–water partition coefficient (Wildman–Crippen LogP) is 2.10. The number of nitrogens with zero attached hydrogens (tertiary/aromatic N) is 3. The van der Waals surface area contributed by atoms with E-state index in [0.29, 0.717) is 19.1 Å². The van der Waals surface area contributed by atoms with Gasteiger partial charge in [-0.15, -0.1) is 0 Å². The topological polar surface area (TPSA) is 53.5 Å². The van der Waals surface area contributed by atoms with Crippen LogP contribution in [-0.4, -0.2) is 55.8 Å². The fourth-order valence-corrected chi connectivity index (χ4v) is 4.07. The SMILES string of the molecule is CN(C)C1CCN(S(=O)(=O)c2cnc(Cl)c(Cl)c2)CC1. The van der Waals surface area contributed by atoms with Crippen molar-refractivity contribution < 1.29 is 8.42 Å². The lowest BCUT2D eigenvalue weighted by Crippen LogP contribution is -2.44. The van der Waals surface area contributed by atoms with Crippen LogP contribution in [0.15, 0.2) is 17.2 Å². The molecule has 5 nitrogen and oxygen atoms in total. The van der Waals surface area contributed by atoms with Gasteiger partial charge in [-0.1, -0.05) is 23.2 Å². The predicted molar refractivity (Wildman–Crippen MR) is 79.7 cm³/mol. The van der Waals surface area contributed by atoms with Crippen molar-refractivity contribution in [2.24, 2.45) is 0 Å².